The first-order chi connectivity index (χ1) is 14.0. The Labute approximate surface area is 177 Å². The number of carbonyl (C=O) groups is 2. The molecule has 2 saturated heterocycles. The van der Waals surface area contributed by atoms with Gasteiger partial charge in [0.15, 0.2) is 0 Å². The monoisotopic (exact) mass is 408 g/mol. The van der Waals surface area contributed by atoms with Gasteiger partial charge in [0.25, 0.3) is 11.8 Å². The van der Waals surface area contributed by atoms with E-state index in [1.807, 2.05) is 72.1 Å². The van der Waals surface area contributed by atoms with Crippen LogP contribution >= 0.6 is 11.8 Å². The summed E-state index contributed by atoms with van der Waals surface area (Å²) in [5.41, 5.74) is 3.91. The Morgan fingerprint density at radius 2 is 1.48 bits per heavy atom. The van der Waals surface area contributed by atoms with Crippen LogP contribution in [-0.4, -0.2) is 51.9 Å². The molecule has 2 aromatic carbocycles. The molecule has 4 nitrogen and oxygen atoms in total. The fourth-order valence-corrected chi connectivity index (χ4v) is 5.74. The molecule has 0 radical (unpaired) electrons. The maximum Gasteiger partial charge on any atom is 0.254 e. The van der Waals surface area contributed by atoms with Crippen molar-refractivity contribution in [2.24, 2.45) is 0 Å². The van der Waals surface area contributed by atoms with Gasteiger partial charge in [-0.05, 0) is 56.0 Å². The average molecular weight is 409 g/mol. The molecular formula is C24H28N2O2S. The Kier molecular flexibility index (Phi) is 5.68. The Morgan fingerprint density at radius 1 is 0.897 bits per heavy atom. The predicted molar refractivity (Wildman–Crippen MR) is 118 cm³/mol. The second kappa shape index (κ2) is 8.23. The number of aryl methyl sites for hydroxylation is 2. The zero-order valence-corrected chi connectivity index (χ0v) is 18.0. The molecule has 5 heteroatoms. The normalized spacial score (nSPS) is 18.3. The molecule has 0 saturated carbocycles. The molecule has 2 aromatic rings. The third kappa shape index (κ3) is 3.93. The van der Waals surface area contributed by atoms with Crippen molar-refractivity contribution in [2.75, 3.05) is 25.4 Å². The number of hydrogen-bond acceptors (Lipinski definition) is 3. The average Bonchev–Trinajstić information content (AvgIpc) is 3.16. The first-order valence-electron chi connectivity index (χ1n) is 10.4. The smallest absolute Gasteiger partial charge is 0.254 e. The molecule has 1 spiro atoms. The van der Waals surface area contributed by atoms with Gasteiger partial charge in [-0.2, -0.15) is 0 Å². The minimum absolute atomic E-state index is 0.0990. The maximum atomic E-state index is 13.2. The first-order valence-corrected chi connectivity index (χ1v) is 11.4. The van der Waals surface area contributed by atoms with Crippen LogP contribution in [0.3, 0.4) is 0 Å². The van der Waals surface area contributed by atoms with Crippen molar-refractivity contribution in [3.05, 3.63) is 70.8 Å². The lowest BCUT2D eigenvalue weighted by Gasteiger charge is -2.44. The number of nitrogens with zero attached hydrogens (tertiary/aromatic N) is 2. The SMILES string of the molecule is CCc1ccc(C(=O)N2CCC3(CC2)SCCN3C(=O)c2ccc(C)cc2)cc1. The van der Waals surface area contributed by atoms with E-state index in [1.54, 1.807) is 0 Å². The Balaban J connectivity index is 1.44. The maximum absolute atomic E-state index is 13.2. The number of likely N-dealkylation sites (tertiary alicyclic amines) is 1. The number of hydrogen-bond donors (Lipinski definition) is 0. The van der Waals surface area contributed by atoms with Crippen LogP contribution < -0.4 is 0 Å². The van der Waals surface area contributed by atoms with Gasteiger partial charge in [0.05, 0.1) is 4.87 Å². The second-order valence-corrected chi connectivity index (χ2v) is 9.42. The van der Waals surface area contributed by atoms with Gasteiger partial charge in [0, 0.05) is 36.5 Å². The lowest BCUT2D eigenvalue weighted by molar-refractivity contribution is 0.0498. The molecule has 2 heterocycles. The molecule has 2 amide bonds. The van der Waals surface area contributed by atoms with Crippen LogP contribution in [0.2, 0.25) is 0 Å². The molecule has 4 rings (SSSR count). The van der Waals surface area contributed by atoms with E-state index in [2.05, 4.69) is 11.8 Å². The van der Waals surface area contributed by atoms with E-state index >= 15 is 0 Å². The zero-order chi connectivity index (χ0) is 20.4. The van der Waals surface area contributed by atoms with Crippen molar-refractivity contribution in [1.82, 2.24) is 9.80 Å². The van der Waals surface area contributed by atoms with E-state index in [4.69, 9.17) is 0 Å². The lowest BCUT2D eigenvalue weighted by Crippen LogP contribution is -2.53. The molecule has 2 fully saturated rings. The Bertz CT molecular complexity index is 884. The first kappa shape index (κ1) is 20.0. The van der Waals surface area contributed by atoms with Crippen LogP contribution in [0.1, 0.15) is 51.6 Å². The summed E-state index contributed by atoms with van der Waals surface area (Å²) in [6, 6.07) is 15.8. The van der Waals surface area contributed by atoms with Crippen LogP contribution in [0.5, 0.6) is 0 Å². The van der Waals surface area contributed by atoms with E-state index in [0.29, 0.717) is 13.1 Å². The zero-order valence-electron chi connectivity index (χ0n) is 17.2. The number of carbonyl (C=O) groups excluding carboxylic acids is 2. The summed E-state index contributed by atoms with van der Waals surface area (Å²) < 4.78 is 0. The summed E-state index contributed by atoms with van der Waals surface area (Å²) in [7, 11) is 0. The Morgan fingerprint density at radius 3 is 2.10 bits per heavy atom. The summed E-state index contributed by atoms with van der Waals surface area (Å²) >= 11 is 1.88. The summed E-state index contributed by atoms with van der Waals surface area (Å²) in [5.74, 6) is 1.18. The lowest BCUT2D eigenvalue weighted by atomic mass is 9.99. The van der Waals surface area contributed by atoms with Crippen molar-refractivity contribution < 1.29 is 9.59 Å². The molecule has 0 bridgehead atoms. The molecule has 0 unspecified atom stereocenters. The van der Waals surface area contributed by atoms with Gasteiger partial charge in [-0.3, -0.25) is 9.59 Å². The van der Waals surface area contributed by atoms with Gasteiger partial charge in [-0.1, -0.05) is 36.8 Å². The highest BCUT2D eigenvalue weighted by Crippen LogP contribution is 2.44. The van der Waals surface area contributed by atoms with Crippen molar-refractivity contribution in [3.8, 4) is 0 Å². The van der Waals surface area contributed by atoms with E-state index in [9.17, 15) is 9.59 Å². The van der Waals surface area contributed by atoms with Crippen LogP contribution in [0.4, 0.5) is 0 Å². The minimum Gasteiger partial charge on any atom is -0.338 e. The molecule has 2 aliphatic heterocycles. The summed E-state index contributed by atoms with van der Waals surface area (Å²) in [6.45, 7) is 6.32. The van der Waals surface area contributed by atoms with Crippen molar-refractivity contribution in [1.29, 1.82) is 0 Å². The van der Waals surface area contributed by atoms with Gasteiger partial charge in [-0.25, -0.2) is 0 Å². The van der Waals surface area contributed by atoms with Gasteiger partial charge in [0.2, 0.25) is 0 Å². The number of rotatable bonds is 3. The number of benzene rings is 2. The minimum atomic E-state index is -0.176. The third-order valence-corrected chi connectivity index (χ3v) is 7.71. The van der Waals surface area contributed by atoms with Crippen LogP contribution in [-0.2, 0) is 6.42 Å². The topological polar surface area (TPSA) is 40.6 Å². The van der Waals surface area contributed by atoms with Crippen molar-refractivity contribution in [3.63, 3.8) is 0 Å². The molecule has 152 valence electrons. The number of amides is 2. The Hall–Kier alpha value is -2.27. The van der Waals surface area contributed by atoms with E-state index < -0.39 is 0 Å². The van der Waals surface area contributed by atoms with Gasteiger partial charge >= 0.3 is 0 Å². The molecule has 2 aliphatic rings. The largest absolute Gasteiger partial charge is 0.338 e. The van der Waals surface area contributed by atoms with Gasteiger partial charge in [-0.15, -0.1) is 11.8 Å². The molecule has 0 aliphatic carbocycles. The second-order valence-electron chi connectivity index (χ2n) is 7.96. The number of piperidine rings is 1. The predicted octanol–water partition coefficient (Wildman–Crippen LogP) is 4.38. The van der Waals surface area contributed by atoms with Crippen LogP contribution in [0, 0.1) is 6.92 Å². The van der Waals surface area contributed by atoms with Crippen LogP contribution in [0.25, 0.3) is 0 Å². The van der Waals surface area contributed by atoms with E-state index in [1.165, 1.54) is 5.56 Å². The fraction of sp³-hybridized carbons (Fsp3) is 0.417. The highest BCUT2D eigenvalue weighted by atomic mass is 32.2. The molecule has 29 heavy (non-hydrogen) atoms. The molecule has 0 aromatic heterocycles. The fourth-order valence-electron chi connectivity index (χ4n) is 4.29. The third-order valence-electron chi connectivity index (χ3n) is 6.16. The molecule has 0 N–H and O–H groups in total. The number of thioether (sulfide) groups is 1. The molecule has 0 atom stereocenters. The van der Waals surface area contributed by atoms with E-state index in [-0.39, 0.29) is 16.7 Å². The van der Waals surface area contributed by atoms with E-state index in [0.717, 1.165) is 48.3 Å². The highest BCUT2D eigenvalue weighted by Gasteiger charge is 2.47. The van der Waals surface area contributed by atoms with Gasteiger partial charge in [0.1, 0.15) is 0 Å². The molecular weight excluding hydrogens is 380 g/mol. The quantitative estimate of drug-likeness (QED) is 0.757. The van der Waals surface area contributed by atoms with Gasteiger partial charge < -0.3 is 9.80 Å². The summed E-state index contributed by atoms with van der Waals surface area (Å²) in [5, 5.41) is 0. The highest BCUT2D eigenvalue weighted by molar-refractivity contribution is 8.00. The summed E-state index contributed by atoms with van der Waals surface area (Å²) in [6.07, 6.45) is 2.63. The standard InChI is InChI=1S/C24H28N2O2S/c1-3-19-6-10-20(11-7-19)22(27)25-14-12-24(13-15-25)26(16-17-29-24)23(28)21-8-4-18(2)5-9-21/h4-11H,3,12-17H2,1-2H3. The van der Waals surface area contributed by atoms with Crippen molar-refractivity contribution >= 4 is 23.6 Å². The van der Waals surface area contributed by atoms with Crippen molar-refractivity contribution in [2.45, 2.75) is 38.0 Å². The summed E-state index contributed by atoms with van der Waals surface area (Å²) in [4.78, 5) is 29.9. The van der Waals surface area contributed by atoms with Crippen LogP contribution in [0.15, 0.2) is 48.5 Å².